The van der Waals surface area contributed by atoms with Crippen LogP contribution in [-0.2, 0) is 0 Å². The molecule has 0 aliphatic carbocycles. The van der Waals surface area contributed by atoms with Gasteiger partial charge in [0.2, 0.25) is 0 Å². The second-order valence-electron chi connectivity index (χ2n) is 4.21. The summed E-state index contributed by atoms with van der Waals surface area (Å²) in [4.78, 5) is 0. The van der Waals surface area contributed by atoms with Gasteiger partial charge in [-0.2, -0.15) is 4.68 Å². The third-order valence-electron chi connectivity index (χ3n) is 2.91. The molecule has 0 unspecified atom stereocenters. The molecule has 0 spiro atoms. The molecule has 0 bridgehead atoms. The molecule has 106 valence electrons. The average molecular weight is 324 g/mol. The highest BCUT2D eigenvalue weighted by atomic mass is 35.5. The number of aromatic nitrogens is 4. The second-order valence-corrected chi connectivity index (χ2v) is 5.03. The van der Waals surface area contributed by atoms with Crippen LogP contribution in [0.5, 0.6) is 0 Å². The molecule has 0 aliphatic rings. The fourth-order valence-electron chi connectivity index (χ4n) is 1.88. The summed E-state index contributed by atoms with van der Waals surface area (Å²) in [7, 11) is 0. The van der Waals surface area contributed by atoms with E-state index < -0.39 is 5.82 Å². The number of nitrogen functional groups attached to an aromatic ring is 1. The van der Waals surface area contributed by atoms with E-state index in [1.165, 1.54) is 22.9 Å². The molecule has 21 heavy (non-hydrogen) atoms. The zero-order valence-electron chi connectivity index (χ0n) is 10.5. The van der Waals surface area contributed by atoms with E-state index in [0.29, 0.717) is 27.8 Å². The minimum atomic E-state index is -0.516. The zero-order chi connectivity index (χ0) is 15.0. The normalized spacial score (nSPS) is 10.8. The van der Waals surface area contributed by atoms with Gasteiger partial charge in [0, 0.05) is 5.56 Å². The van der Waals surface area contributed by atoms with Crippen LogP contribution in [0.1, 0.15) is 0 Å². The van der Waals surface area contributed by atoms with E-state index in [4.69, 9.17) is 28.9 Å². The monoisotopic (exact) mass is 323 g/mol. The Morgan fingerprint density at radius 3 is 2.67 bits per heavy atom. The van der Waals surface area contributed by atoms with E-state index in [9.17, 15) is 4.39 Å². The van der Waals surface area contributed by atoms with Gasteiger partial charge in [0.05, 0.1) is 21.4 Å². The summed E-state index contributed by atoms with van der Waals surface area (Å²) in [6, 6.07) is 9.34. The minimum Gasteiger partial charge on any atom is -0.397 e. The molecular weight excluding hydrogens is 316 g/mol. The average Bonchev–Trinajstić information content (AvgIpc) is 2.94. The number of para-hydroxylation sites is 1. The Labute approximate surface area is 129 Å². The summed E-state index contributed by atoms with van der Waals surface area (Å²) in [5.74, 6) is -0.130. The van der Waals surface area contributed by atoms with Crippen molar-refractivity contribution >= 4 is 28.9 Å². The van der Waals surface area contributed by atoms with Crippen molar-refractivity contribution in [3.8, 4) is 17.1 Å². The zero-order valence-corrected chi connectivity index (χ0v) is 12.0. The lowest BCUT2D eigenvalue weighted by molar-refractivity contribution is 0.627. The van der Waals surface area contributed by atoms with Gasteiger partial charge in [-0.3, -0.25) is 0 Å². The molecule has 3 rings (SSSR count). The van der Waals surface area contributed by atoms with Gasteiger partial charge in [-0.05, 0) is 40.8 Å². The number of benzene rings is 2. The van der Waals surface area contributed by atoms with Crippen LogP contribution < -0.4 is 5.73 Å². The first kappa shape index (κ1) is 13.8. The Morgan fingerprint density at radius 2 is 1.90 bits per heavy atom. The summed E-state index contributed by atoms with van der Waals surface area (Å²) in [6.07, 6.45) is 0. The maximum atomic E-state index is 13.3. The van der Waals surface area contributed by atoms with E-state index in [1.807, 2.05) is 0 Å². The third kappa shape index (κ3) is 2.43. The largest absolute Gasteiger partial charge is 0.397 e. The fraction of sp³-hybridized carbons (Fsp3) is 0. The van der Waals surface area contributed by atoms with Crippen molar-refractivity contribution in [3.05, 3.63) is 52.3 Å². The highest BCUT2D eigenvalue weighted by molar-refractivity contribution is 6.33. The van der Waals surface area contributed by atoms with Gasteiger partial charge < -0.3 is 5.73 Å². The number of hydrogen-bond acceptors (Lipinski definition) is 4. The highest BCUT2D eigenvalue weighted by Crippen LogP contribution is 2.31. The van der Waals surface area contributed by atoms with Crippen LogP contribution in [0.15, 0.2) is 36.4 Å². The van der Waals surface area contributed by atoms with Gasteiger partial charge in [-0.25, -0.2) is 4.39 Å². The molecule has 0 saturated carbocycles. The van der Waals surface area contributed by atoms with E-state index in [1.54, 1.807) is 18.2 Å². The van der Waals surface area contributed by atoms with E-state index >= 15 is 0 Å². The molecule has 2 N–H and O–H groups in total. The summed E-state index contributed by atoms with van der Waals surface area (Å²) in [5.41, 5.74) is 7.40. The van der Waals surface area contributed by atoms with Gasteiger partial charge in [-0.15, -0.1) is 5.10 Å². The van der Waals surface area contributed by atoms with Gasteiger partial charge in [0.25, 0.3) is 0 Å². The summed E-state index contributed by atoms with van der Waals surface area (Å²) in [6.45, 7) is 0. The lowest BCUT2D eigenvalue weighted by atomic mass is 10.1. The molecule has 3 aromatic rings. The first-order valence-electron chi connectivity index (χ1n) is 5.86. The molecule has 0 atom stereocenters. The Balaban J connectivity index is 2.17. The number of tetrazole rings is 1. The molecule has 0 fully saturated rings. The van der Waals surface area contributed by atoms with Crippen LogP contribution in [0.2, 0.25) is 10.0 Å². The molecule has 5 nitrogen and oxygen atoms in total. The Hall–Kier alpha value is -2.18. The van der Waals surface area contributed by atoms with Crippen LogP contribution in [-0.4, -0.2) is 20.2 Å². The highest BCUT2D eigenvalue weighted by Gasteiger charge is 2.15. The second kappa shape index (κ2) is 5.31. The summed E-state index contributed by atoms with van der Waals surface area (Å²) in [5, 5.41) is 11.8. The van der Waals surface area contributed by atoms with Crippen LogP contribution in [0.25, 0.3) is 17.1 Å². The number of rotatable bonds is 2. The third-order valence-corrected chi connectivity index (χ3v) is 3.53. The number of nitrogens with two attached hydrogens (primary N) is 1. The predicted octanol–water partition coefficient (Wildman–Crippen LogP) is 3.36. The van der Waals surface area contributed by atoms with Crippen LogP contribution in [0.4, 0.5) is 10.1 Å². The van der Waals surface area contributed by atoms with E-state index in [2.05, 4.69) is 15.5 Å². The quantitative estimate of drug-likeness (QED) is 0.734. The lowest BCUT2D eigenvalue weighted by Crippen LogP contribution is -2.02. The Bertz CT molecular complexity index is 818. The lowest BCUT2D eigenvalue weighted by Gasteiger charge is -2.08. The number of anilines is 1. The van der Waals surface area contributed by atoms with Gasteiger partial charge in [0.15, 0.2) is 5.82 Å². The van der Waals surface area contributed by atoms with Crippen molar-refractivity contribution in [2.45, 2.75) is 0 Å². The van der Waals surface area contributed by atoms with Crippen LogP contribution >= 0.6 is 23.2 Å². The van der Waals surface area contributed by atoms with Crippen LogP contribution in [0, 0.1) is 5.82 Å². The van der Waals surface area contributed by atoms with Gasteiger partial charge >= 0.3 is 0 Å². The Kier molecular flexibility index (Phi) is 3.48. The molecule has 1 heterocycles. The maximum absolute atomic E-state index is 13.3. The predicted molar refractivity (Wildman–Crippen MR) is 79.0 cm³/mol. The summed E-state index contributed by atoms with van der Waals surface area (Å²) >= 11 is 11.8. The number of hydrogen-bond donors (Lipinski definition) is 1. The molecule has 0 amide bonds. The summed E-state index contributed by atoms with van der Waals surface area (Å²) < 4.78 is 14.7. The van der Waals surface area contributed by atoms with Crippen molar-refractivity contribution < 1.29 is 4.39 Å². The maximum Gasteiger partial charge on any atom is 0.189 e. The van der Waals surface area contributed by atoms with Crippen molar-refractivity contribution in [3.63, 3.8) is 0 Å². The smallest absolute Gasteiger partial charge is 0.189 e. The molecule has 8 heteroatoms. The molecule has 0 saturated heterocycles. The SMILES string of the molecule is Nc1c(Cl)cccc1-c1nnnn1-c1ccc(F)c(Cl)c1. The molecule has 2 aromatic carbocycles. The molecule has 0 aliphatic heterocycles. The van der Waals surface area contributed by atoms with Crippen molar-refractivity contribution in [1.29, 1.82) is 0 Å². The van der Waals surface area contributed by atoms with Crippen molar-refractivity contribution in [1.82, 2.24) is 20.2 Å². The minimum absolute atomic E-state index is 0.0204. The van der Waals surface area contributed by atoms with Crippen molar-refractivity contribution in [2.24, 2.45) is 0 Å². The first-order valence-corrected chi connectivity index (χ1v) is 6.61. The topological polar surface area (TPSA) is 69.6 Å². The molecule has 1 aromatic heterocycles. The van der Waals surface area contributed by atoms with Gasteiger partial charge in [-0.1, -0.05) is 29.3 Å². The fourth-order valence-corrected chi connectivity index (χ4v) is 2.23. The number of halogens is 3. The van der Waals surface area contributed by atoms with Crippen molar-refractivity contribution in [2.75, 3.05) is 5.73 Å². The number of nitrogens with zero attached hydrogens (tertiary/aromatic N) is 4. The van der Waals surface area contributed by atoms with E-state index in [0.717, 1.165) is 0 Å². The molecular formula is C13H8Cl2FN5. The Morgan fingerprint density at radius 1 is 1.10 bits per heavy atom. The standard InChI is InChI=1S/C13H8Cl2FN5/c14-9-3-1-2-8(12(9)17)13-18-19-20-21(13)7-4-5-11(16)10(15)6-7/h1-6H,17H2. The van der Waals surface area contributed by atoms with Crippen LogP contribution in [0.3, 0.4) is 0 Å². The van der Waals surface area contributed by atoms with E-state index in [-0.39, 0.29) is 5.02 Å². The molecule has 0 radical (unpaired) electrons. The van der Waals surface area contributed by atoms with Gasteiger partial charge in [0.1, 0.15) is 5.82 Å². The first-order chi connectivity index (χ1) is 10.1.